The van der Waals surface area contributed by atoms with E-state index in [0.717, 1.165) is 16.1 Å². The van der Waals surface area contributed by atoms with Crippen molar-refractivity contribution in [1.82, 2.24) is 9.78 Å². The molecule has 21 heavy (non-hydrogen) atoms. The molecule has 5 nitrogen and oxygen atoms in total. The van der Waals surface area contributed by atoms with Gasteiger partial charge in [-0.1, -0.05) is 13.8 Å². The molecule has 106 valence electrons. The zero-order valence-corrected chi connectivity index (χ0v) is 12.7. The largest absolute Gasteiger partial charge is 0.285 e. The molecule has 0 aromatic carbocycles. The Bertz CT molecular complexity index is 805. The lowest BCUT2D eigenvalue weighted by Gasteiger charge is -2.11. The number of rotatable bonds is 4. The van der Waals surface area contributed by atoms with E-state index < -0.39 is 0 Å². The first-order valence-electron chi connectivity index (χ1n) is 6.66. The molecule has 6 heteroatoms. The number of aryl methyl sites for hydroxylation is 1. The van der Waals surface area contributed by atoms with E-state index in [1.807, 2.05) is 26.0 Å². The van der Waals surface area contributed by atoms with Crippen molar-refractivity contribution in [3.05, 3.63) is 49.1 Å². The summed E-state index contributed by atoms with van der Waals surface area (Å²) >= 11 is 1.33. The first kappa shape index (κ1) is 15.0. The molecular formula is C15H14N4OS. The summed E-state index contributed by atoms with van der Waals surface area (Å²) in [5.41, 5.74) is 1.34. The Kier molecular flexibility index (Phi) is 4.52. The fraction of sp³-hybridized carbons (Fsp3) is 0.333. The molecule has 0 aliphatic rings. The zero-order chi connectivity index (χ0) is 15.4. The summed E-state index contributed by atoms with van der Waals surface area (Å²) in [6.07, 6.45) is 1.29. The second-order valence-electron chi connectivity index (χ2n) is 4.46. The van der Waals surface area contributed by atoms with E-state index in [2.05, 4.69) is 11.2 Å². The van der Waals surface area contributed by atoms with E-state index in [1.54, 1.807) is 6.07 Å². The standard InChI is InChI=1S/C15H14N4OS/c1-3-12-13(8-17)15(20)19(18-14(12)4-2)9-11-6-5-10(7-16)21-11/h5-6H,3-4,9H2,1-2H3. The number of nitriles is 2. The van der Waals surface area contributed by atoms with E-state index in [0.29, 0.717) is 17.7 Å². The second kappa shape index (κ2) is 6.34. The van der Waals surface area contributed by atoms with Gasteiger partial charge in [-0.3, -0.25) is 4.79 Å². The Morgan fingerprint density at radius 2 is 2.00 bits per heavy atom. The van der Waals surface area contributed by atoms with Gasteiger partial charge in [-0.15, -0.1) is 11.3 Å². The molecule has 0 spiro atoms. The van der Waals surface area contributed by atoms with Crippen LogP contribution in [-0.4, -0.2) is 9.78 Å². The maximum Gasteiger partial charge on any atom is 0.285 e. The van der Waals surface area contributed by atoms with Crippen molar-refractivity contribution in [2.75, 3.05) is 0 Å². The average molecular weight is 298 g/mol. The predicted octanol–water partition coefficient (Wildman–Crippen LogP) is 2.22. The summed E-state index contributed by atoms with van der Waals surface area (Å²) < 4.78 is 1.32. The number of hydrogen-bond donors (Lipinski definition) is 0. The molecule has 0 aliphatic heterocycles. The van der Waals surface area contributed by atoms with Crippen LogP contribution in [0.2, 0.25) is 0 Å². The Balaban J connectivity index is 2.52. The van der Waals surface area contributed by atoms with Gasteiger partial charge < -0.3 is 0 Å². The van der Waals surface area contributed by atoms with Crippen LogP contribution in [0.4, 0.5) is 0 Å². The van der Waals surface area contributed by atoms with Crippen molar-refractivity contribution in [1.29, 1.82) is 10.5 Å². The van der Waals surface area contributed by atoms with Crippen molar-refractivity contribution in [3.63, 3.8) is 0 Å². The van der Waals surface area contributed by atoms with Crippen molar-refractivity contribution < 1.29 is 0 Å². The van der Waals surface area contributed by atoms with Crippen molar-refractivity contribution in [2.45, 2.75) is 33.2 Å². The lowest BCUT2D eigenvalue weighted by molar-refractivity contribution is 0.617. The highest BCUT2D eigenvalue weighted by molar-refractivity contribution is 7.12. The van der Waals surface area contributed by atoms with Gasteiger partial charge in [0.05, 0.1) is 12.2 Å². The molecule has 0 aliphatic carbocycles. The van der Waals surface area contributed by atoms with Crippen molar-refractivity contribution in [2.24, 2.45) is 0 Å². The van der Waals surface area contributed by atoms with Gasteiger partial charge in [-0.05, 0) is 30.5 Å². The van der Waals surface area contributed by atoms with E-state index >= 15 is 0 Å². The van der Waals surface area contributed by atoms with Gasteiger partial charge in [0.1, 0.15) is 22.6 Å². The molecule has 2 aromatic rings. The van der Waals surface area contributed by atoms with Gasteiger partial charge in [0.2, 0.25) is 0 Å². The summed E-state index contributed by atoms with van der Waals surface area (Å²) in [5.74, 6) is 0. The van der Waals surface area contributed by atoms with Crippen molar-refractivity contribution >= 4 is 11.3 Å². The molecular weight excluding hydrogens is 284 g/mol. The molecule has 0 fully saturated rings. The minimum absolute atomic E-state index is 0.182. The van der Waals surface area contributed by atoms with Crippen LogP contribution in [0.1, 0.15) is 40.4 Å². The van der Waals surface area contributed by atoms with Crippen LogP contribution < -0.4 is 5.56 Å². The minimum Gasteiger partial charge on any atom is -0.266 e. The zero-order valence-electron chi connectivity index (χ0n) is 11.9. The Labute approximate surface area is 126 Å². The number of thiophene rings is 1. The third-order valence-electron chi connectivity index (χ3n) is 3.22. The van der Waals surface area contributed by atoms with Crippen molar-refractivity contribution in [3.8, 4) is 12.1 Å². The van der Waals surface area contributed by atoms with E-state index in [4.69, 9.17) is 5.26 Å². The van der Waals surface area contributed by atoms with Crippen LogP contribution >= 0.6 is 11.3 Å². The first-order valence-corrected chi connectivity index (χ1v) is 7.48. The summed E-state index contributed by atoms with van der Waals surface area (Å²) in [6.45, 7) is 4.16. The SMILES string of the molecule is CCc1nn(Cc2ccc(C#N)s2)c(=O)c(C#N)c1CC. The molecule has 0 amide bonds. The second-order valence-corrected chi connectivity index (χ2v) is 5.63. The minimum atomic E-state index is -0.363. The maximum atomic E-state index is 12.3. The molecule has 0 atom stereocenters. The van der Waals surface area contributed by atoms with Crippen LogP contribution in [-0.2, 0) is 19.4 Å². The Hall–Kier alpha value is -2.44. The highest BCUT2D eigenvalue weighted by atomic mass is 32.1. The predicted molar refractivity (Wildman–Crippen MR) is 80.1 cm³/mol. The van der Waals surface area contributed by atoms with Gasteiger partial charge in [0, 0.05) is 4.88 Å². The smallest absolute Gasteiger partial charge is 0.266 e. The van der Waals surface area contributed by atoms with E-state index in [-0.39, 0.29) is 17.7 Å². The molecule has 0 N–H and O–H groups in total. The molecule has 0 saturated heterocycles. The van der Waals surface area contributed by atoms with Gasteiger partial charge in [0.15, 0.2) is 0 Å². The summed E-state index contributed by atoms with van der Waals surface area (Å²) in [5, 5.41) is 22.5. The highest BCUT2D eigenvalue weighted by Gasteiger charge is 2.15. The molecule has 2 rings (SSSR count). The summed E-state index contributed by atoms with van der Waals surface area (Å²) in [6, 6.07) is 7.61. The first-order chi connectivity index (χ1) is 10.1. The number of nitrogens with zero attached hydrogens (tertiary/aromatic N) is 4. The number of hydrogen-bond acceptors (Lipinski definition) is 5. The van der Waals surface area contributed by atoms with Gasteiger partial charge >= 0.3 is 0 Å². The quantitative estimate of drug-likeness (QED) is 0.866. The van der Waals surface area contributed by atoms with E-state index in [1.165, 1.54) is 16.0 Å². The monoisotopic (exact) mass is 298 g/mol. The Morgan fingerprint density at radius 1 is 1.24 bits per heavy atom. The van der Waals surface area contributed by atoms with E-state index in [9.17, 15) is 10.1 Å². The van der Waals surface area contributed by atoms with Crippen LogP contribution in [0.15, 0.2) is 16.9 Å². The molecule has 0 bridgehead atoms. The fourth-order valence-corrected chi connectivity index (χ4v) is 3.00. The molecule has 2 heterocycles. The third-order valence-corrected chi connectivity index (χ3v) is 4.19. The van der Waals surface area contributed by atoms with Crippen LogP contribution in [0, 0.1) is 22.7 Å². The number of aromatic nitrogens is 2. The van der Waals surface area contributed by atoms with Crippen LogP contribution in [0.5, 0.6) is 0 Å². The van der Waals surface area contributed by atoms with Gasteiger partial charge in [0.25, 0.3) is 5.56 Å². The Morgan fingerprint density at radius 3 is 2.52 bits per heavy atom. The molecule has 0 unspecified atom stereocenters. The normalized spacial score (nSPS) is 10.1. The molecule has 2 aromatic heterocycles. The lowest BCUT2D eigenvalue weighted by Crippen LogP contribution is -2.29. The highest BCUT2D eigenvalue weighted by Crippen LogP contribution is 2.16. The van der Waals surface area contributed by atoms with Gasteiger partial charge in [-0.25, -0.2) is 4.68 Å². The summed E-state index contributed by atoms with van der Waals surface area (Å²) in [4.78, 5) is 13.8. The fourth-order valence-electron chi connectivity index (χ4n) is 2.21. The molecule has 0 radical (unpaired) electrons. The molecule has 0 saturated carbocycles. The van der Waals surface area contributed by atoms with Crippen LogP contribution in [0.25, 0.3) is 0 Å². The third kappa shape index (κ3) is 2.86. The van der Waals surface area contributed by atoms with Crippen LogP contribution in [0.3, 0.4) is 0 Å². The topological polar surface area (TPSA) is 82.5 Å². The average Bonchev–Trinajstić information content (AvgIpc) is 2.96. The maximum absolute atomic E-state index is 12.3. The van der Waals surface area contributed by atoms with Gasteiger partial charge in [-0.2, -0.15) is 15.6 Å². The lowest BCUT2D eigenvalue weighted by atomic mass is 10.0. The summed E-state index contributed by atoms with van der Waals surface area (Å²) in [7, 11) is 0.